The predicted molar refractivity (Wildman–Crippen MR) is 68.3 cm³/mol. The van der Waals surface area contributed by atoms with Crippen LogP contribution in [0.5, 0.6) is 0 Å². The van der Waals surface area contributed by atoms with E-state index in [9.17, 15) is 18.7 Å². The fraction of sp³-hybridized carbons (Fsp3) is 0.286. The van der Waals surface area contributed by atoms with E-state index in [1.54, 1.807) is 24.3 Å². The Kier molecular flexibility index (Phi) is 3.94. The molecule has 0 fully saturated rings. The number of rotatable bonds is 4. The molecule has 0 saturated carbocycles. The Morgan fingerprint density at radius 1 is 1.40 bits per heavy atom. The Labute approximate surface area is 114 Å². The van der Waals surface area contributed by atoms with Gasteiger partial charge in [0.05, 0.1) is 6.61 Å². The lowest BCUT2D eigenvalue weighted by Gasteiger charge is -2.21. The lowest BCUT2D eigenvalue weighted by atomic mass is 9.99. The molecule has 0 aliphatic carbocycles. The van der Waals surface area contributed by atoms with E-state index in [2.05, 4.69) is 9.72 Å². The van der Waals surface area contributed by atoms with Crippen LogP contribution in [0.4, 0.5) is 8.78 Å². The number of pyridine rings is 1. The van der Waals surface area contributed by atoms with Gasteiger partial charge in [0.25, 0.3) is 0 Å². The number of nitrogens with zero attached hydrogens (tertiary/aromatic N) is 1. The first-order chi connectivity index (χ1) is 9.48. The smallest absolute Gasteiger partial charge is 0.380 e. The van der Waals surface area contributed by atoms with E-state index in [0.29, 0.717) is 10.8 Å². The normalized spacial score (nSPS) is 13.2. The molecule has 1 aromatic heterocycles. The second-order valence-corrected chi connectivity index (χ2v) is 4.20. The molecule has 0 spiro atoms. The first-order valence-electron chi connectivity index (χ1n) is 6.04. The van der Waals surface area contributed by atoms with Crippen LogP contribution in [-0.2, 0) is 9.53 Å². The molecule has 1 N–H and O–H groups in total. The largest absolute Gasteiger partial charge is 0.461 e. The van der Waals surface area contributed by atoms with Crippen molar-refractivity contribution in [3.05, 3.63) is 42.2 Å². The highest BCUT2D eigenvalue weighted by atomic mass is 19.3. The molecule has 1 aromatic carbocycles. The summed E-state index contributed by atoms with van der Waals surface area (Å²) < 4.78 is 32.0. The van der Waals surface area contributed by atoms with Crippen LogP contribution in [0.15, 0.2) is 36.7 Å². The Hall–Kier alpha value is -2.08. The van der Waals surface area contributed by atoms with Gasteiger partial charge in [0, 0.05) is 23.3 Å². The van der Waals surface area contributed by atoms with Crippen molar-refractivity contribution in [3.8, 4) is 0 Å². The third-order valence-corrected chi connectivity index (χ3v) is 2.88. The number of alkyl halides is 2. The number of hydrogen-bond donors (Lipinski definition) is 1. The molecule has 0 saturated heterocycles. The van der Waals surface area contributed by atoms with Crippen LogP contribution in [0.3, 0.4) is 0 Å². The summed E-state index contributed by atoms with van der Waals surface area (Å²) >= 11 is 0. The van der Waals surface area contributed by atoms with E-state index in [0.717, 1.165) is 6.20 Å². The van der Waals surface area contributed by atoms with Gasteiger partial charge in [-0.25, -0.2) is 4.79 Å². The quantitative estimate of drug-likeness (QED) is 0.875. The molecule has 4 nitrogen and oxygen atoms in total. The first-order valence-corrected chi connectivity index (χ1v) is 6.04. The monoisotopic (exact) mass is 281 g/mol. The molecular weight excluding hydrogens is 268 g/mol. The van der Waals surface area contributed by atoms with Gasteiger partial charge in [-0.3, -0.25) is 4.98 Å². The molecule has 106 valence electrons. The van der Waals surface area contributed by atoms with Crippen molar-refractivity contribution in [2.75, 3.05) is 6.61 Å². The number of aliphatic hydroxyl groups is 1. The molecule has 0 aliphatic heterocycles. The van der Waals surface area contributed by atoms with E-state index >= 15 is 0 Å². The average molecular weight is 281 g/mol. The molecule has 1 unspecified atom stereocenters. The Balaban J connectivity index is 2.45. The maximum absolute atomic E-state index is 13.9. The summed E-state index contributed by atoms with van der Waals surface area (Å²) in [5.41, 5.74) is -0.110. The third kappa shape index (κ3) is 2.46. The van der Waals surface area contributed by atoms with Gasteiger partial charge >= 0.3 is 11.9 Å². The molecule has 1 heterocycles. The van der Waals surface area contributed by atoms with E-state index in [-0.39, 0.29) is 12.2 Å². The van der Waals surface area contributed by atoms with Crippen molar-refractivity contribution in [1.29, 1.82) is 0 Å². The number of aliphatic hydroxyl groups excluding tert-OH is 1. The molecule has 0 aliphatic rings. The van der Waals surface area contributed by atoms with Gasteiger partial charge in [0.15, 0.2) is 6.10 Å². The molecule has 0 bridgehead atoms. The summed E-state index contributed by atoms with van der Waals surface area (Å²) in [5.74, 6) is -5.78. The van der Waals surface area contributed by atoms with Gasteiger partial charge in [0.2, 0.25) is 0 Å². The number of esters is 1. The number of benzene rings is 1. The molecule has 2 aromatic rings. The summed E-state index contributed by atoms with van der Waals surface area (Å²) in [4.78, 5) is 15.1. The summed E-state index contributed by atoms with van der Waals surface area (Å²) in [7, 11) is 0. The molecule has 6 heteroatoms. The molecule has 0 radical (unpaired) electrons. The lowest BCUT2D eigenvalue weighted by Crippen LogP contribution is -2.37. The zero-order chi connectivity index (χ0) is 14.8. The number of halogens is 2. The van der Waals surface area contributed by atoms with Gasteiger partial charge in [-0.05, 0) is 12.3 Å². The standard InChI is InChI=1S/C14H13F2NO3/c1-2-20-13(19)14(15,16)12(18)11-8-17-7-9-5-3-4-6-10(9)11/h3-8,12,18H,2H2,1H3. The Bertz CT molecular complexity index is 625. The highest BCUT2D eigenvalue weighted by Crippen LogP contribution is 2.35. The topological polar surface area (TPSA) is 59.4 Å². The average Bonchev–Trinajstić information content (AvgIpc) is 2.46. The fourth-order valence-electron chi connectivity index (χ4n) is 1.89. The van der Waals surface area contributed by atoms with Crippen LogP contribution < -0.4 is 0 Å². The second-order valence-electron chi connectivity index (χ2n) is 4.20. The lowest BCUT2D eigenvalue weighted by molar-refractivity contribution is -0.189. The molecule has 2 rings (SSSR count). The third-order valence-electron chi connectivity index (χ3n) is 2.88. The van der Waals surface area contributed by atoms with Gasteiger partial charge < -0.3 is 9.84 Å². The number of carbonyl (C=O) groups excluding carboxylic acids is 1. The second kappa shape index (κ2) is 5.50. The first kappa shape index (κ1) is 14.3. The number of ether oxygens (including phenoxy) is 1. The summed E-state index contributed by atoms with van der Waals surface area (Å²) in [6.45, 7) is 1.23. The van der Waals surface area contributed by atoms with Crippen molar-refractivity contribution >= 4 is 16.7 Å². The number of fused-ring (bicyclic) bond motifs is 1. The molecule has 0 amide bonds. The summed E-state index contributed by atoms with van der Waals surface area (Å²) in [5, 5.41) is 10.9. The highest BCUT2D eigenvalue weighted by Gasteiger charge is 2.49. The van der Waals surface area contributed by atoms with Gasteiger partial charge in [0.1, 0.15) is 0 Å². The molecular formula is C14H13F2NO3. The SMILES string of the molecule is CCOC(=O)C(F)(F)C(O)c1cncc2ccccc12. The zero-order valence-corrected chi connectivity index (χ0v) is 10.7. The molecule has 20 heavy (non-hydrogen) atoms. The minimum atomic E-state index is -4.03. The van der Waals surface area contributed by atoms with Crippen molar-refractivity contribution in [2.45, 2.75) is 19.0 Å². The Morgan fingerprint density at radius 3 is 2.80 bits per heavy atom. The van der Waals surface area contributed by atoms with E-state index in [1.807, 2.05) is 0 Å². The van der Waals surface area contributed by atoms with Gasteiger partial charge in [-0.2, -0.15) is 8.78 Å². The minimum absolute atomic E-state index is 0.110. The Morgan fingerprint density at radius 2 is 2.10 bits per heavy atom. The van der Waals surface area contributed by atoms with Gasteiger partial charge in [-0.15, -0.1) is 0 Å². The number of carbonyl (C=O) groups is 1. The molecule has 1 atom stereocenters. The van der Waals surface area contributed by atoms with E-state index in [1.165, 1.54) is 13.1 Å². The number of hydrogen-bond acceptors (Lipinski definition) is 4. The summed E-state index contributed by atoms with van der Waals surface area (Å²) in [6, 6.07) is 6.64. The van der Waals surface area contributed by atoms with Crippen molar-refractivity contribution in [2.24, 2.45) is 0 Å². The van der Waals surface area contributed by atoms with Crippen LogP contribution in [0.25, 0.3) is 10.8 Å². The summed E-state index contributed by atoms with van der Waals surface area (Å²) in [6.07, 6.45) is 0.314. The van der Waals surface area contributed by atoms with Crippen LogP contribution >= 0.6 is 0 Å². The highest BCUT2D eigenvalue weighted by molar-refractivity contribution is 5.86. The van der Waals surface area contributed by atoms with Crippen molar-refractivity contribution in [1.82, 2.24) is 4.98 Å². The van der Waals surface area contributed by atoms with Crippen LogP contribution in [0.1, 0.15) is 18.6 Å². The van der Waals surface area contributed by atoms with Crippen molar-refractivity contribution in [3.63, 3.8) is 0 Å². The fourth-order valence-corrected chi connectivity index (χ4v) is 1.89. The predicted octanol–water partition coefficient (Wildman–Crippen LogP) is 2.47. The zero-order valence-electron chi connectivity index (χ0n) is 10.7. The van der Waals surface area contributed by atoms with Crippen molar-refractivity contribution < 1.29 is 23.4 Å². The minimum Gasteiger partial charge on any atom is -0.461 e. The van der Waals surface area contributed by atoms with E-state index in [4.69, 9.17) is 0 Å². The maximum Gasteiger partial charge on any atom is 0.380 e. The van der Waals surface area contributed by atoms with E-state index < -0.39 is 18.0 Å². The maximum atomic E-state index is 13.9. The number of aromatic nitrogens is 1. The van der Waals surface area contributed by atoms with Crippen LogP contribution in [0, 0.1) is 0 Å². The van der Waals surface area contributed by atoms with Crippen LogP contribution in [-0.4, -0.2) is 28.6 Å². The van der Waals surface area contributed by atoms with Gasteiger partial charge in [-0.1, -0.05) is 24.3 Å². The van der Waals surface area contributed by atoms with Crippen LogP contribution in [0.2, 0.25) is 0 Å².